The largest absolute Gasteiger partial charge is 0.493 e. The minimum atomic E-state index is -0.139. The fourth-order valence-electron chi connectivity index (χ4n) is 3.48. The lowest BCUT2D eigenvalue weighted by Crippen LogP contribution is -2.42. The van der Waals surface area contributed by atoms with Gasteiger partial charge < -0.3 is 14.2 Å². The summed E-state index contributed by atoms with van der Waals surface area (Å²) in [6, 6.07) is 5.92. The van der Waals surface area contributed by atoms with Crippen LogP contribution in [0, 0.1) is 19.8 Å². The van der Waals surface area contributed by atoms with Gasteiger partial charge in [-0.25, -0.2) is 0 Å². The Morgan fingerprint density at radius 2 is 2.00 bits per heavy atom. The zero-order valence-corrected chi connectivity index (χ0v) is 14.3. The van der Waals surface area contributed by atoms with Crippen LogP contribution in [0.5, 0.6) is 5.75 Å². The van der Waals surface area contributed by atoms with Gasteiger partial charge in [-0.15, -0.1) is 6.58 Å². The lowest BCUT2D eigenvalue weighted by Gasteiger charge is -2.37. The van der Waals surface area contributed by atoms with Gasteiger partial charge in [0.1, 0.15) is 18.1 Å². The summed E-state index contributed by atoms with van der Waals surface area (Å²) in [6.07, 6.45) is 5.59. The van der Waals surface area contributed by atoms with E-state index in [0.29, 0.717) is 18.1 Å². The first-order chi connectivity index (χ1) is 11.6. The van der Waals surface area contributed by atoms with Gasteiger partial charge in [0, 0.05) is 6.42 Å². The van der Waals surface area contributed by atoms with Crippen LogP contribution in [0.3, 0.4) is 0 Å². The first kappa shape index (κ1) is 16.8. The van der Waals surface area contributed by atoms with E-state index in [1.54, 1.807) is 6.08 Å². The minimum absolute atomic E-state index is 0.0348. The van der Waals surface area contributed by atoms with Crippen molar-refractivity contribution in [3.63, 3.8) is 0 Å². The molecule has 0 N–H and O–H groups in total. The number of benzene rings is 1. The Morgan fingerprint density at radius 1 is 1.25 bits per heavy atom. The molecular formula is C20H24O4. The molecule has 0 bridgehead atoms. The van der Waals surface area contributed by atoms with E-state index in [0.717, 1.165) is 30.4 Å². The average molecular weight is 328 g/mol. The number of carbonyl (C=O) groups excluding carboxylic acids is 1. The van der Waals surface area contributed by atoms with Crippen molar-refractivity contribution in [3.05, 3.63) is 54.0 Å². The SMILES string of the molecule is C=CCOC1CCC2C(=O)C(Oc3cc(C)cc(C)c3)=COC2C1. The van der Waals surface area contributed by atoms with E-state index in [4.69, 9.17) is 14.2 Å². The molecule has 1 aliphatic carbocycles. The molecule has 4 nitrogen and oxygen atoms in total. The Hall–Kier alpha value is -2.07. The summed E-state index contributed by atoms with van der Waals surface area (Å²) in [6.45, 7) is 8.21. The molecule has 0 amide bonds. The molecule has 1 aromatic carbocycles. The molecule has 0 spiro atoms. The maximum absolute atomic E-state index is 12.7. The molecule has 1 aromatic rings. The fraction of sp³-hybridized carbons (Fsp3) is 0.450. The number of hydrogen-bond donors (Lipinski definition) is 0. The third-order valence-electron chi connectivity index (χ3n) is 4.55. The third kappa shape index (κ3) is 3.70. The molecule has 2 aliphatic rings. The average Bonchev–Trinajstić information content (AvgIpc) is 2.54. The van der Waals surface area contributed by atoms with Crippen molar-refractivity contribution >= 4 is 5.78 Å². The quantitative estimate of drug-likeness (QED) is 0.770. The lowest BCUT2D eigenvalue weighted by molar-refractivity contribution is -0.133. The molecule has 1 heterocycles. The summed E-state index contributed by atoms with van der Waals surface area (Å²) in [7, 11) is 0. The van der Waals surface area contributed by atoms with Gasteiger partial charge in [0.25, 0.3) is 0 Å². The van der Waals surface area contributed by atoms with Gasteiger partial charge in [0.2, 0.25) is 11.5 Å². The van der Waals surface area contributed by atoms with E-state index in [1.807, 2.05) is 26.0 Å². The highest BCUT2D eigenvalue weighted by Crippen LogP contribution is 2.35. The molecule has 1 fully saturated rings. The van der Waals surface area contributed by atoms with E-state index in [2.05, 4.69) is 12.6 Å². The first-order valence-corrected chi connectivity index (χ1v) is 8.45. The Labute approximate surface area is 143 Å². The Kier molecular flexibility index (Phi) is 5.05. The smallest absolute Gasteiger partial charge is 0.207 e. The van der Waals surface area contributed by atoms with Crippen LogP contribution in [0.2, 0.25) is 0 Å². The van der Waals surface area contributed by atoms with Gasteiger partial charge in [-0.3, -0.25) is 4.79 Å². The topological polar surface area (TPSA) is 44.8 Å². The lowest BCUT2D eigenvalue weighted by atomic mass is 9.80. The Morgan fingerprint density at radius 3 is 2.71 bits per heavy atom. The molecular weight excluding hydrogens is 304 g/mol. The number of hydrogen-bond acceptors (Lipinski definition) is 4. The molecule has 3 rings (SSSR count). The van der Waals surface area contributed by atoms with Crippen molar-refractivity contribution < 1.29 is 19.0 Å². The van der Waals surface area contributed by atoms with E-state index >= 15 is 0 Å². The van der Waals surface area contributed by atoms with Gasteiger partial charge in [-0.2, -0.15) is 0 Å². The monoisotopic (exact) mass is 328 g/mol. The zero-order valence-electron chi connectivity index (χ0n) is 14.3. The van der Waals surface area contributed by atoms with Crippen LogP contribution in [0.25, 0.3) is 0 Å². The fourth-order valence-corrected chi connectivity index (χ4v) is 3.48. The second kappa shape index (κ2) is 7.22. The Bertz CT molecular complexity index is 641. The number of allylic oxidation sites excluding steroid dienone is 1. The van der Waals surface area contributed by atoms with Crippen LogP contribution in [0.4, 0.5) is 0 Å². The second-order valence-corrected chi connectivity index (χ2v) is 6.61. The second-order valence-electron chi connectivity index (χ2n) is 6.61. The van der Waals surface area contributed by atoms with Crippen molar-refractivity contribution in [1.82, 2.24) is 0 Å². The molecule has 3 unspecified atom stereocenters. The number of Topliss-reactive ketones (excluding diaryl/α,β-unsaturated/α-hetero) is 1. The summed E-state index contributed by atoms with van der Waals surface area (Å²) >= 11 is 0. The van der Waals surface area contributed by atoms with Crippen molar-refractivity contribution in [3.8, 4) is 5.75 Å². The van der Waals surface area contributed by atoms with Crippen molar-refractivity contribution in [1.29, 1.82) is 0 Å². The molecule has 0 radical (unpaired) electrons. The van der Waals surface area contributed by atoms with Crippen molar-refractivity contribution in [2.24, 2.45) is 5.92 Å². The number of ether oxygens (including phenoxy) is 3. The highest BCUT2D eigenvalue weighted by molar-refractivity contribution is 5.96. The maximum Gasteiger partial charge on any atom is 0.207 e. The van der Waals surface area contributed by atoms with Gasteiger partial charge >= 0.3 is 0 Å². The molecule has 3 atom stereocenters. The van der Waals surface area contributed by atoms with Crippen LogP contribution in [-0.4, -0.2) is 24.6 Å². The normalized spacial score (nSPS) is 26.2. The highest BCUT2D eigenvalue weighted by Gasteiger charge is 2.41. The molecule has 128 valence electrons. The number of carbonyl (C=O) groups is 1. The minimum Gasteiger partial charge on any atom is -0.493 e. The summed E-state index contributed by atoms with van der Waals surface area (Å²) in [5, 5.41) is 0. The summed E-state index contributed by atoms with van der Waals surface area (Å²) < 4.78 is 17.3. The summed E-state index contributed by atoms with van der Waals surface area (Å²) in [4.78, 5) is 12.7. The molecule has 0 saturated heterocycles. The van der Waals surface area contributed by atoms with E-state index in [1.165, 1.54) is 6.26 Å². The van der Waals surface area contributed by atoms with E-state index < -0.39 is 0 Å². The zero-order chi connectivity index (χ0) is 17.1. The maximum atomic E-state index is 12.7. The third-order valence-corrected chi connectivity index (χ3v) is 4.55. The number of fused-ring (bicyclic) bond motifs is 1. The molecule has 1 aliphatic heterocycles. The van der Waals surface area contributed by atoms with Crippen molar-refractivity contribution in [2.45, 2.75) is 45.3 Å². The predicted molar refractivity (Wildman–Crippen MR) is 91.8 cm³/mol. The van der Waals surface area contributed by atoms with Crippen LogP contribution >= 0.6 is 0 Å². The van der Waals surface area contributed by atoms with Gasteiger partial charge in [0.15, 0.2) is 0 Å². The summed E-state index contributed by atoms with van der Waals surface area (Å²) in [5.41, 5.74) is 2.21. The number of ketones is 1. The molecule has 1 saturated carbocycles. The van der Waals surface area contributed by atoms with Crippen molar-refractivity contribution in [2.75, 3.05) is 6.61 Å². The van der Waals surface area contributed by atoms with E-state index in [9.17, 15) is 4.79 Å². The van der Waals surface area contributed by atoms with Crippen LogP contribution in [-0.2, 0) is 14.3 Å². The Balaban J connectivity index is 1.68. The number of aryl methyl sites for hydroxylation is 2. The molecule has 24 heavy (non-hydrogen) atoms. The molecule has 0 aromatic heterocycles. The number of rotatable bonds is 5. The van der Waals surface area contributed by atoms with Crippen LogP contribution in [0.15, 0.2) is 42.9 Å². The highest BCUT2D eigenvalue weighted by atomic mass is 16.5. The predicted octanol–water partition coefficient (Wildman–Crippen LogP) is 3.86. The van der Waals surface area contributed by atoms with Gasteiger partial charge in [-0.05, 0) is 49.9 Å². The van der Waals surface area contributed by atoms with E-state index in [-0.39, 0.29) is 23.9 Å². The first-order valence-electron chi connectivity index (χ1n) is 8.45. The standard InChI is InChI=1S/C20H24O4/c1-4-7-22-15-5-6-17-18(11-15)23-12-19(20(17)21)24-16-9-13(2)8-14(3)10-16/h4,8-10,12,15,17-18H,1,5-7,11H2,2-3H3. The van der Waals surface area contributed by atoms with Gasteiger partial charge in [0.05, 0.1) is 18.6 Å². The van der Waals surface area contributed by atoms with Crippen LogP contribution < -0.4 is 4.74 Å². The summed E-state index contributed by atoms with van der Waals surface area (Å²) in [5.74, 6) is 0.871. The van der Waals surface area contributed by atoms with Crippen LogP contribution in [0.1, 0.15) is 30.4 Å². The molecule has 4 heteroatoms. The van der Waals surface area contributed by atoms with Gasteiger partial charge in [-0.1, -0.05) is 12.1 Å².